The fourth-order valence-corrected chi connectivity index (χ4v) is 3.25. The van der Waals surface area contributed by atoms with E-state index in [4.69, 9.17) is 0 Å². The molecule has 0 aliphatic rings. The molecule has 0 aliphatic carbocycles. The molecule has 0 aliphatic heterocycles. The molecule has 1 heterocycles. The smallest absolute Gasteiger partial charge is 0.251 e. The number of thiazole rings is 1. The van der Waals surface area contributed by atoms with Crippen LogP contribution in [0.2, 0.25) is 0 Å². The van der Waals surface area contributed by atoms with Crippen LogP contribution in [0.3, 0.4) is 0 Å². The van der Waals surface area contributed by atoms with Gasteiger partial charge in [-0.3, -0.25) is 9.79 Å². The summed E-state index contributed by atoms with van der Waals surface area (Å²) in [5, 5.41) is 19.6. The fourth-order valence-electron chi connectivity index (χ4n) is 2.32. The van der Waals surface area contributed by atoms with Crippen LogP contribution in [0.1, 0.15) is 32.9 Å². The Hall–Kier alpha value is -1.88. The van der Waals surface area contributed by atoms with Crippen molar-refractivity contribution in [3.63, 3.8) is 0 Å². The second-order valence-electron chi connectivity index (χ2n) is 5.99. The van der Waals surface area contributed by atoms with Crippen LogP contribution in [-0.4, -0.2) is 48.1 Å². The van der Waals surface area contributed by atoms with Gasteiger partial charge in [-0.05, 0) is 45.0 Å². The highest BCUT2D eigenvalue weighted by atomic mass is 127. The Labute approximate surface area is 187 Å². The number of halogens is 1. The average molecular weight is 517 g/mol. The minimum absolute atomic E-state index is 0. The lowest BCUT2D eigenvalue weighted by Crippen LogP contribution is -2.41. The predicted octanol–water partition coefficient (Wildman–Crippen LogP) is 2.61. The number of nitrogens with zero attached hydrogens (tertiary/aromatic N) is 2. The van der Waals surface area contributed by atoms with Gasteiger partial charge in [-0.2, -0.15) is 0 Å². The highest BCUT2D eigenvalue weighted by molar-refractivity contribution is 14.0. The van der Waals surface area contributed by atoms with Gasteiger partial charge >= 0.3 is 0 Å². The van der Waals surface area contributed by atoms with Crippen LogP contribution in [-0.2, 0) is 6.42 Å². The van der Waals surface area contributed by atoms with Crippen molar-refractivity contribution in [1.29, 1.82) is 0 Å². The summed E-state index contributed by atoms with van der Waals surface area (Å²) >= 11 is 1.72. The molecule has 154 valence electrons. The van der Waals surface area contributed by atoms with Gasteiger partial charge < -0.3 is 21.1 Å². The molecule has 0 bridgehead atoms. The second kappa shape index (κ2) is 12.6. The highest BCUT2D eigenvalue weighted by Crippen LogP contribution is 2.16. The molecule has 1 aromatic carbocycles. The third-order valence-electron chi connectivity index (χ3n) is 3.85. The SMILES string of the molecule is CCNC(=NCCc1nc(C)c(C)s1)NCCNC(=O)c1ccc(O)cc1.I. The van der Waals surface area contributed by atoms with Crippen molar-refractivity contribution in [2.45, 2.75) is 27.2 Å². The summed E-state index contributed by atoms with van der Waals surface area (Å²) in [6.07, 6.45) is 0.813. The number of aliphatic imine (C=N–C) groups is 1. The van der Waals surface area contributed by atoms with Gasteiger partial charge in [0.15, 0.2) is 5.96 Å². The quantitative estimate of drug-likeness (QED) is 0.187. The van der Waals surface area contributed by atoms with Gasteiger partial charge in [-0.1, -0.05) is 0 Å². The monoisotopic (exact) mass is 517 g/mol. The maximum atomic E-state index is 12.0. The van der Waals surface area contributed by atoms with Crippen molar-refractivity contribution in [2.75, 3.05) is 26.2 Å². The van der Waals surface area contributed by atoms with Crippen molar-refractivity contribution in [2.24, 2.45) is 4.99 Å². The molecule has 28 heavy (non-hydrogen) atoms. The number of hydrogen-bond donors (Lipinski definition) is 4. The normalized spacial score (nSPS) is 10.9. The van der Waals surface area contributed by atoms with Gasteiger partial charge in [-0.15, -0.1) is 35.3 Å². The summed E-state index contributed by atoms with van der Waals surface area (Å²) in [5.74, 6) is 0.692. The first-order valence-corrected chi connectivity index (χ1v) is 9.83. The number of phenols is 1. The lowest BCUT2D eigenvalue weighted by atomic mass is 10.2. The third-order valence-corrected chi connectivity index (χ3v) is 4.98. The van der Waals surface area contributed by atoms with E-state index in [1.165, 1.54) is 17.0 Å². The molecular formula is C19H28IN5O2S. The largest absolute Gasteiger partial charge is 0.508 e. The van der Waals surface area contributed by atoms with Crippen LogP contribution in [0.4, 0.5) is 0 Å². The van der Waals surface area contributed by atoms with E-state index in [9.17, 15) is 9.90 Å². The number of amides is 1. The van der Waals surface area contributed by atoms with E-state index in [2.05, 4.69) is 32.9 Å². The van der Waals surface area contributed by atoms with Gasteiger partial charge in [0.05, 0.1) is 10.7 Å². The van der Waals surface area contributed by atoms with E-state index in [0.717, 1.165) is 29.6 Å². The van der Waals surface area contributed by atoms with Crippen molar-refractivity contribution in [1.82, 2.24) is 20.9 Å². The summed E-state index contributed by atoms with van der Waals surface area (Å²) in [6.45, 7) is 8.56. The zero-order valence-electron chi connectivity index (χ0n) is 16.4. The molecule has 9 heteroatoms. The summed E-state index contributed by atoms with van der Waals surface area (Å²) in [4.78, 5) is 22.3. The van der Waals surface area contributed by atoms with Gasteiger partial charge in [-0.25, -0.2) is 4.98 Å². The first kappa shape index (κ1) is 24.2. The number of carbonyl (C=O) groups excluding carboxylic acids is 1. The van der Waals surface area contributed by atoms with E-state index in [1.54, 1.807) is 23.5 Å². The number of benzene rings is 1. The Morgan fingerprint density at radius 2 is 1.82 bits per heavy atom. The van der Waals surface area contributed by atoms with E-state index < -0.39 is 0 Å². The Morgan fingerprint density at radius 1 is 1.14 bits per heavy atom. The molecule has 1 aromatic heterocycles. The van der Waals surface area contributed by atoms with Crippen molar-refractivity contribution in [3.8, 4) is 5.75 Å². The van der Waals surface area contributed by atoms with Crippen molar-refractivity contribution < 1.29 is 9.90 Å². The minimum Gasteiger partial charge on any atom is -0.508 e. The number of aromatic nitrogens is 1. The molecular weight excluding hydrogens is 489 g/mol. The first-order chi connectivity index (χ1) is 13.0. The second-order valence-corrected chi connectivity index (χ2v) is 7.28. The molecule has 2 rings (SSSR count). The molecule has 0 saturated carbocycles. The van der Waals surface area contributed by atoms with Crippen LogP contribution in [0.25, 0.3) is 0 Å². The maximum Gasteiger partial charge on any atom is 0.251 e. The van der Waals surface area contributed by atoms with Gasteiger partial charge in [0.2, 0.25) is 0 Å². The van der Waals surface area contributed by atoms with Crippen molar-refractivity contribution in [3.05, 3.63) is 45.4 Å². The Kier molecular flexibility index (Phi) is 10.8. The Bertz CT molecular complexity index is 758. The number of rotatable bonds is 8. The molecule has 7 nitrogen and oxygen atoms in total. The van der Waals surface area contributed by atoms with E-state index in [0.29, 0.717) is 25.2 Å². The third kappa shape index (κ3) is 8.01. The standard InChI is InChI=1S/C19H27N5O2S.HI/c1-4-20-19(22-10-9-17-24-13(2)14(3)27-17)23-12-11-21-18(26)15-5-7-16(25)8-6-15;/h5-8,25H,4,9-12H2,1-3H3,(H,21,26)(H2,20,22,23);1H. The lowest BCUT2D eigenvalue weighted by Gasteiger charge is -2.11. The van der Waals surface area contributed by atoms with Crippen LogP contribution >= 0.6 is 35.3 Å². The average Bonchev–Trinajstić information content (AvgIpc) is 2.96. The molecule has 0 spiro atoms. The molecule has 0 saturated heterocycles. The number of carbonyl (C=O) groups is 1. The molecule has 0 unspecified atom stereocenters. The molecule has 1 amide bonds. The Morgan fingerprint density at radius 3 is 2.43 bits per heavy atom. The molecule has 4 N–H and O–H groups in total. The number of hydrogen-bond acceptors (Lipinski definition) is 5. The van der Waals surface area contributed by atoms with Gasteiger partial charge in [0.1, 0.15) is 5.75 Å². The van der Waals surface area contributed by atoms with E-state index in [-0.39, 0.29) is 35.6 Å². The number of phenolic OH excluding ortho intramolecular Hbond substituents is 1. The molecule has 0 fully saturated rings. The predicted molar refractivity (Wildman–Crippen MR) is 125 cm³/mol. The highest BCUT2D eigenvalue weighted by Gasteiger charge is 2.05. The number of nitrogens with one attached hydrogen (secondary N) is 3. The zero-order valence-corrected chi connectivity index (χ0v) is 19.6. The van der Waals surface area contributed by atoms with Crippen LogP contribution in [0.15, 0.2) is 29.3 Å². The summed E-state index contributed by atoms with van der Waals surface area (Å²) in [6, 6.07) is 6.17. The summed E-state index contributed by atoms with van der Waals surface area (Å²) in [7, 11) is 0. The van der Waals surface area contributed by atoms with Crippen LogP contribution in [0, 0.1) is 13.8 Å². The molecule has 2 aromatic rings. The van der Waals surface area contributed by atoms with Gasteiger partial charge in [0, 0.05) is 43.0 Å². The topological polar surface area (TPSA) is 98.6 Å². The van der Waals surface area contributed by atoms with Crippen LogP contribution < -0.4 is 16.0 Å². The lowest BCUT2D eigenvalue weighted by molar-refractivity contribution is 0.0954. The number of guanidine groups is 1. The van der Waals surface area contributed by atoms with E-state index in [1.807, 2.05) is 13.8 Å². The zero-order chi connectivity index (χ0) is 19.6. The summed E-state index contributed by atoms with van der Waals surface area (Å²) in [5.41, 5.74) is 1.61. The first-order valence-electron chi connectivity index (χ1n) is 9.02. The fraction of sp³-hybridized carbons (Fsp3) is 0.421. The summed E-state index contributed by atoms with van der Waals surface area (Å²) < 4.78 is 0. The number of aromatic hydroxyl groups is 1. The van der Waals surface area contributed by atoms with Crippen molar-refractivity contribution >= 4 is 47.2 Å². The van der Waals surface area contributed by atoms with Gasteiger partial charge in [0.25, 0.3) is 5.91 Å². The minimum atomic E-state index is -0.173. The van der Waals surface area contributed by atoms with E-state index >= 15 is 0 Å². The molecule has 0 radical (unpaired) electrons. The maximum absolute atomic E-state index is 12.0. The Balaban J connectivity index is 0.00000392. The van der Waals surface area contributed by atoms with Crippen LogP contribution in [0.5, 0.6) is 5.75 Å². The number of aryl methyl sites for hydroxylation is 2. The molecule has 0 atom stereocenters.